The van der Waals surface area contributed by atoms with E-state index in [0.717, 1.165) is 6.07 Å². The molecule has 0 unspecified atom stereocenters. The minimum absolute atomic E-state index is 0.340. The highest BCUT2D eigenvalue weighted by Gasteiger charge is 2.34. The number of nitrogens with one attached hydrogen (secondary N) is 1. The maximum Gasteiger partial charge on any atom is 0.435 e. The molecular weight excluding hydrogens is 309 g/mol. The second-order valence-electron chi connectivity index (χ2n) is 4.42. The number of hydrogen-bond donors (Lipinski definition) is 1. The van der Waals surface area contributed by atoms with Gasteiger partial charge in [0.05, 0.1) is 11.4 Å². The van der Waals surface area contributed by atoms with Crippen LogP contribution in [0, 0.1) is 29.6 Å². The van der Waals surface area contributed by atoms with Gasteiger partial charge in [0.15, 0.2) is 5.69 Å². The van der Waals surface area contributed by atoms with Crippen LogP contribution in [0.4, 0.5) is 18.9 Å². The van der Waals surface area contributed by atoms with Gasteiger partial charge in [-0.25, -0.2) is 4.68 Å². The van der Waals surface area contributed by atoms with Gasteiger partial charge >= 0.3 is 6.18 Å². The third-order valence-electron chi connectivity index (χ3n) is 2.80. The van der Waals surface area contributed by atoms with Crippen molar-refractivity contribution in [2.75, 3.05) is 5.43 Å². The molecule has 0 aliphatic carbocycles. The van der Waals surface area contributed by atoms with Crippen LogP contribution in [0.25, 0.3) is 5.69 Å². The van der Waals surface area contributed by atoms with Crippen molar-refractivity contribution in [1.82, 2.24) is 9.78 Å². The predicted octanol–water partition coefficient (Wildman–Crippen LogP) is 3.01. The Balaban J connectivity index is 2.24. The van der Waals surface area contributed by atoms with Gasteiger partial charge in [-0.15, -0.1) is 0 Å². The summed E-state index contributed by atoms with van der Waals surface area (Å²) in [7, 11) is 0. The van der Waals surface area contributed by atoms with E-state index in [4.69, 9.17) is 10.5 Å². The van der Waals surface area contributed by atoms with E-state index < -0.39 is 11.9 Å². The predicted molar refractivity (Wildman–Crippen MR) is 75.6 cm³/mol. The summed E-state index contributed by atoms with van der Waals surface area (Å²) in [4.78, 5) is 0. The maximum atomic E-state index is 12.7. The Kier molecular flexibility index (Phi) is 4.32. The molecule has 0 radical (unpaired) electrons. The Morgan fingerprint density at radius 2 is 1.83 bits per heavy atom. The Bertz CT molecular complexity index is 802. The van der Waals surface area contributed by atoms with Gasteiger partial charge in [-0.1, -0.05) is 0 Å². The molecule has 116 valence electrons. The van der Waals surface area contributed by atoms with E-state index in [-0.39, 0.29) is 5.71 Å². The fourth-order valence-electron chi connectivity index (χ4n) is 1.75. The van der Waals surface area contributed by atoms with Crippen molar-refractivity contribution in [1.29, 1.82) is 10.5 Å². The quantitative estimate of drug-likeness (QED) is 0.696. The summed E-state index contributed by atoms with van der Waals surface area (Å²) in [5.41, 5.74) is 2.45. The molecule has 0 saturated heterocycles. The van der Waals surface area contributed by atoms with Crippen molar-refractivity contribution < 1.29 is 13.2 Å². The molecule has 0 atom stereocenters. The first-order valence-corrected chi connectivity index (χ1v) is 6.23. The molecule has 0 aliphatic heterocycles. The molecule has 9 heteroatoms. The molecule has 1 aromatic carbocycles. The summed E-state index contributed by atoms with van der Waals surface area (Å²) >= 11 is 0. The topological polar surface area (TPSA) is 89.8 Å². The maximum absolute atomic E-state index is 12.7. The van der Waals surface area contributed by atoms with Gasteiger partial charge in [0.1, 0.15) is 12.1 Å². The fraction of sp³-hybridized carbons (Fsp3) is 0.143. The highest BCUT2D eigenvalue weighted by atomic mass is 19.4. The number of rotatable bonds is 3. The van der Waals surface area contributed by atoms with Gasteiger partial charge in [-0.3, -0.25) is 5.43 Å². The Labute approximate surface area is 129 Å². The molecule has 0 bridgehead atoms. The van der Waals surface area contributed by atoms with Crippen molar-refractivity contribution in [3.05, 3.63) is 41.7 Å². The van der Waals surface area contributed by atoms with Crippen LogP contribution in [0.2, 0.25) is 0 Å². The van der Waals surface area contributed by atoms with E-state index in [0.29, 0.717) is 17.1 Å². The molecule has 23 heavy (non-hydrogen) atoms. The van der Waals surface area contributed by atoms with E-state index in [1.54, 1.807) is 24.3 Å². The second kappa shape index (κ2) is 6.20. The lowest BCUT2D eigenvalue weighted by Gasteiger charge is -2.06. The molecule has 2 rings (SSSR count). The molecule has 0 saturated carbocycles. The Morgan fingerprint density at radius 3 is 2.30 bits per heavy atom. The molecular formula is C14H9F3N6. The van der Waals surface area contributed by atoms with Crippen molar-refractivity contribution in [3.8, 4) is 17.8 Å². The van der Waals surface area contributed by atoms with Gasteiger partial charge in [-0.05, 0) is 37.3 Å². The van der Waals surface area contributed by atoms with Crippen LogP contribution in [0.5, 0.6) is 0 Å². The first kappa shape index (κ1) is 16.0. The number of hydrazone groups is 1. The average molecular weight is 318 g/mol. The summed E-state index contributed by atoms with van der Waals surface area (Å²) in [6.07, 6.45) is -4.50. The van der Waals surface area contributed by atoms with Crippen LogP contribution in [0.15, 0.2) is 35.4 Å². The molecule has 0 fully saturated rings. The Hall–Kier alpha value is -3.33. The molecule has 0 amide bonds. The number of nitriles is 2. The molecule has 2 aromatic rings. The van der Waals surface area contributed by atoms with Crippen molar-refractivity contribution in [3.63, 3.8) is 0 Å². The standard InChI is InChI=1S/C14H9F3N6/c1-9-6-13(14(15,16)17)22-23(9)12-4-2-10(3-5-12)20-21-11(7-18)8-19/h2-6,20H,1H3. The van der Waals surface area contributed by atoms with Gasteiger partial charge in [-0.2, -0.15) is 33.9 Å². The fourth-order valence-corrected chi connectivity index (χ4v) is 1.75. The van der Waals surface area contributed by atoms with Gasteiger partial charge in [0, 0.05) is 5.69 Å². The molecule has 6 nitrogen and oxygen atoms in total. The molecule has 1 heterocycles. The number of alkyl halides is 3. The summed E-state index contributed by atoms with van der Waals surface area (Å²) < 4.78 is 39.1. The third-order valence-corrected chi connectivity index (χ3v) is 2.80. The first-order valence-electron chi connectivity index (χ1n) is 6.23. The minimum atomic E-state index is -4.50. The Morgan fingerprint density at radius 1 is 1.22 bits per heavy atom. The largest absolute Gasteiger partial charge is 0.435 e. The zero-order valence-electron chi connectivity index (χ0n) is 11.8. The molecule has 1 N–H and O–H groups in total. The zero-order chi connectivity index (χ0) is 17.0. The normalized spacial score (nSPS) is 10.5. The zero-order valence-corrected chi connectivity index (χ0v) is 11.8. The van der Waals surface area contributed by atoms with Crippen molar-refractivity contribution in [2.24, 2.45) is 5.10 Å². The second-order valence-corrected chi connectivity index (χ2v) is 4.42. The lowest BCUT2D eigenvalue weighted by Crippen LogP contribution is -2.07. The third kappa shape index (κ3) is 3.66. The highest BCUT2D eigenvalue weighted by molar-refractivity contribution is 6.10. The van der Waals surface area contributed by atoms with E-state index in [1.165, 1.54) is 23.7 Å². The van der Waals surface area contributed by atoms with Crippen molar-refractivity contribution >= 4 is 11.4 Å². The first-order chi connectivity index (χ1) is 10.8. The summed E-state index contributed by atoms with van der Waals surface area (Å²) in [5, 5.41) is 24.2. The highest BCUT2D eigenvalue weighted by Crippen LogP contribution is 2.29. The molecule has 0 aliphatic rings. The van der Waals surface area contributed by atoms with Gasteiger partial charge in [0.2, 0.25) is 5.71 Å². The summed E-state index contributed by atoms with van der Waals surface area (Å²) in [6, 6.07) is 10.3. The lowest BCUT2D eigenvalue weighted by atomic mass is 10.3. The number of nitrogens with zero attached hydrogens (tertiary/aromatic N) is 5. The number of aryl methyl sites for hydroxylation is 1. The van der Waals surface area contributed by atoms with Crippen LogP contribution in [0.3, 0.4) is 0 Å². The van der Waals surface area contributed by atoms with Crippen LogP contribution in [0.1, 0.15) is 11.4 Å². The van der Waals surface area contributed by atoms with Crippen molar-refractivity contribution in [2.45, 2.75) is 13.1 Å². The number of halogens is 3. The molecule has 1 aromatic heterocycles. The molecule has 0 spiro atoms. The van der Waals surface area contributed by atoms with Crippen LogP contribution in [-0.2, 0) is 6.18 Å². The van der Waals surface area contributed by atoms with Crippen LogP contribution >= 0.6 is 0 Å². The van der Waals surface area contributed by atoms with Crippen LogP contribution in [-0.4, -0.2) is 15.5 Å². The van der Waals surface area contributed by atoms with E-state index in [1.807, 2.05) is 0 Å². The summed E-state index contributed by atoms with van der Waals surface area (Å²) in [5.74, 6) is 0. The number of benzene rings is 1. The van der Waals surface area contributed by atoms with Crippen LogP contribution < -0.4 is 5.43 Å². The smallest absolute Gasteiger partial charge is 0.277 e. The lowest BCUT2D eigenvalue weighted by molar-refractivity contribution is -0.141. The number of hydrogen-bond acceptors (Lipinski definition) is 5. The van der Waals surface area contributed by atoms with Gasteiger partial charge < -0.3 is 0 Å². The number of aromatic nitrogens is 2. The van der Waals surface area contributed by atoms with E-state index >= 15 is 0 Å². The minimum Gasteiger partial charge on any atom is -0.277 e. The number of anilines is 1. The van der Waals surface area contributed by atoms with Gasteiger partial charge in [0.25, 0.3) is 0 Å². The van der Waals surface area contributed by atoms with E-state index in [2.05, 4.69) is 15.6 Å². The average Bonchev–Trinajstić information content (AvgIpc) is 2.91. The van der Waals surface area contributed by atoms with E-state index in [9.17, 15) is 13.2 Å². The monoisotopic (exact) mass is 318 g/mol. The SMILES string of the molecule is Cc1cc(C(F)(F)F)nn1-c1ccc(NN=C(C#N)C#N)cc1. The summed E-state index contributed by atoms with van der Waals surface area (Å²) in [6.45, 7) is 1.52.